The first kappa shape index (κ1) is 22.9. The summed E-state index contributed by atoms with van der Waals surface area (Å²) in [5.74, 6) is -0.603. The van der Waals surface area contributed by atoms with Crippen molar-refractivity contribution < 1.29 is 41.0 Å². The Morgan fingerprint density at radius 1 is 1.13 bits per heavy atom. The third-order valence-electron chi connectivity index (χ3n) is 4.77. The molecule has 11 heteroatoms. The van der Waals surface area contributed by atoms with Crippen LogP contribution in [-0.4, -0.2) is 55.6 Å². The third kappa shape index (κ3) is 5.88. The van der Waals surface area contributed by atoms with Crippen LogP contribution in [0.3, 0.4) is 0 Å². The van der Waals surface area contributed by atoms with E-state index >= 15 is 0 Å². The number of halogens is 3. The van der Waals surface area contributed by atoms with Crippen molar-refractivity contribution in [1.29, 1.82) is 0 Å². The number of rotatable bonds is 7. The number of aliphatic hydroxyl groups is 1. The Labute approximate surface area is 176 Å². The van der Waals surface area contributed by atoms with Gasteiger partial charge in [-0.15, -0.1) is 13.2 Å². The number of hydrogen-bond acceptors (Lipinski definition) is 6. The minimum absolute atomic E-state index is 0.0850. The zero-order valence-electron chi connectivity index (χ0n) is 16.2. The lowest BCUT2D eigenvalue weighted by atomic mass is 10.2. The number of aliphatic hydroxyl groups excluding tert-OH is 1. The van der Waals surface area contributed by atoms with Gasteiger partial charge in [-0.3, -0.25) is 4.79 Å². The Bertz CT molecular complexity index is 1020. The van der Waals surface area contributed by atoms with E-state index < -0.39 is 33.1 Å². The second-order valence-corrected chi connectivity index (χ2v) is 9.14. The van der Waals surface area contributed by atoms with Crippen LogP contribution in [-0.2, 0) is 21.2 Å². The molecule has 31 heavy (non-hydrogen) atoms. The number of sulfone groups is 1. The molecule has 0 radical (unpaired) electrons. The number of carbonyl (C=O) groups excluding carboxylic acids is 1. The molecule has 0 spiro atoms. The van der Waals surface area contributed by atoms with E-state index in [-0.39, 0.29) is 37.6 Å². The monoisotopic (exact) mass is 459 g/mol. The van der Waals surface area contributed by atoms with Crippen LogP contribution in [0, 0.1) is 0 Å². The summed E-state index contributed by atoms with van der Waals surface area (Å²) < 4.78 is 72.1. The lowest BCUT2D eigenvalue weighted by molar-refractivity contribution is -0.274. The normalized spacial score (nSPS) is 16.9. The van der Waals surface area contributed by atoms with Crippen molar-refractivity contribution in [1.82, 2.24) is 4.90 Å². The number of amides is 1. The number of benzene rings is 2. The Kier molecular flexibility index (Phi) is 6.75. The van der Waals surface area contributed by atoms with E-state index in [0.29, 0.717) is 11.3 Å². The first-order valence-corrected chi connectivity index (χ1v) is 10.8. The van der Waals surface area contributed by atoms with Crippen molar-refractivity contribution in [3.8, 4) is 11.5 Å². The molecule has 1 unspecified atom stereocenters. The largest absolute Gasteiger partial charge is 0.573 e. The van der Waals surface area contributed by atoms with Gasteiger partial charge in [0.15, 0.2) is 16.4 Å². The highest BCUT2D eigenvalue weighted by atomic mass is 32.2. The molecule has 0 bridgehead atoms. The van der Waals surface area contributed by atoms with Gasteiger partial charge in [0.25, 0.3) is 5.91 Å². The van der Waals surface area contributed by atoms with Gasteiger partial charge < -0.3 is 19.5 Å². The van der Waals surface area contributed by atoms with Gasteiger partial charge >= 0.3 is 6.36 Å². The molecule has 0 aliphatic carbocycles. The topological polar surface area (TPSA) is 93.1 Å². The molecule has 1 aliphatic heterocycles. The van der Waals surface area contributed by atoms with Gasteiger partial charge in [-0.2, -0.15) is 0 Å². The highest BCUT2D eigenvalue weighted by Gasteiger charge is 2.37. The minimum atomic E-state index is -4.93. The Hall–Kier alpha value is -2.79. The summed E-state index contributed by atoms with van der Waals surface area (Å²) >= 11 is 0. The third-order valence-corrected chi connectivity index (χ3v) is 6.95. The van der Waals surface area contributed by atoms with Gasteiger partial charge in [0.2, 0.25) is 0 Å². The van der Waals surface area contributed by atoms with Gasteiger partial charge in [-0.05, 0) is 42.3 Å². The van der Waals surface area contributed by atoms with Crippen LogP contribution in [0.15, 0.2) is 53.4 Å². The quantitative estimate of drug-likeness (QED) is 0.684. The molecule has 1 fully saturated rings. The predicted octanol–water partition coefficient (Wildman–Crippen LogP) is 2.53. The number of likely N-dealkylation sites (tertiary alicyclic amines) is 1. The molecular weight excluding hydrogens is 439 g/mol. The maximum atomic E-state index is 12.8. The number of carbonyl (C=O) groups is 1. The molecule has 1 N–H and O–H groups in total. The van der Waals surface area contributed by atoms with Crippen molar-refractivity contribution in [2.24, 2.45) is 0 Å². The lowest BCUT2D eigenvalue weighted by Crippen LogP contribution is -2.35. The zero-order valence-corrected chi connectivity index (χ0v) is 17.0. The summed E-state index contributed by atoms with van der Waals surface area (Å²) in [6, 6.07) is 10.7. The highest BCUT2D eigenvalue weighted by molar-refractivity contribution is 7.92. The van der Waals surface area contributed by atoms with E-state index in [2.05, 4.69) is 4.74 Å². The first-order valence-electron chi connectivity index (χ1n) is 9.28. The number of ether oxygens (including phenoxy) is 2. The molecule has 1 saturated heterocycles. The van der Waals surface area contributed by atoms with Crippen molar-refractivity contribution >= 4 is 15.7 Å². The summed E-state index contributed by atoms with van der Waals surface area (Å²) in [5.41, 5.74) is 0.691. The van der Waals surface area contributed by atoms with E-state index in [0.717, 1.165) is 12.1 Å². The van der Waals surface area contributed by atoms with Crippen LogP contribution in [0.25, 0.3) is 0 Å². The fourth-order valence-corrected chi connectivity index (χ4v) is 4.90. The van der Waals surface area contributed by atoms with E-state index in [9.17, 15) is 26.4 Å². The fraction of sp³-hybridized carbons (Fsp3) is 0.350. The molecule has 0 saturated carbocycles. The zero-order chi connectivity index (χ0) is 22.6. The lowest BCUT2D eigenvalue weighted by Gasteiger charge is -2.17. The van der Waals surface area contributed by atoms with Gasteiger partial charge in [0.05, 0.1) is 16.8 Å². The number of hydrogen-bond donors (Lipinski definition) is 1. The smallest absolute Gasteiger partial charge is 0.484 e. The molecule has 1 atom stereocenters. The molecule has 1 aliphatic rings. The molecule has 1 heterocycles. The maximum absolute atomic E-state index is 12.8. The van der Waals surface area contributed by atoms with Crippen LogP contribution < -0.4 is 9.47 Å². The highest BCUT2D eigenvalue weighted by Crippen LogP contribution is 2.29. The van der Waals surface area contributed by atoms with Crippen LogP contribution in [0.1, 0.15) is 12.0 Å². The molecule has 7 nitrogen and oxygen atoms in total. The molecular formula is C20H20F3NO6S. The molecule has 2 aromatic rings. The van der Waals surface area contributed by atoms with Crippen molar-refractivity contribution in [3.63, 3.8) is 0 Å². The van der Waals surface area contributed by atoms with E-state index in [1.165, 1.54) is 17.0 Å². The molecule has 168 valence electrons. The Morgan fingerprint density at radius 2 is 1.84 bits per heavy atom. The standard InChI is InChI=1S/C20H20F3NO6S/c21-20(22,23)30-16-2-1-3-17(10-16)31(27,28)18-8-9-24(11-18)19(26)13-29-15-6-4-14(12-25)5-7-15/h1-7,10,18,25H,8-9,11-13H2. The summed E-state index contributed by atoms with van der Waals surface area (Å²) in [6.07, 6.45) is -4.78. The summed E-state index contributed by atoms with van der Waals surface area (Å²) in [7, 11) is -3.96. The molecule has 2 aromatic carbocycles. The Balaban J connectivity index is 1.61. The average Bonchev–Trinajstić information content (AvgIpc) is 3.22. The second-order valence-electron chi connectivity index (χ2n) is 6.91. The first-order chi connectivity index (χ1) is 14.6. The maximum Gasteiger partial charge on any atom is 0.573 e. The van der Waals surface area contributed by atoms with E-state index in [1.807, 2.05) is 0 Å². The Morgan fingerprint density at radius 3 is 2.48 bits per heavy atom. The van der Waals surface area contributed by atoms with E-state index in [1.54, 1.807) is 24.3 Å². The number of nitrogens with zero attached hydrogens (tertiary/aromatic N) is 1. The predicted molar refractivity (Wildman–Crippen MR) is 103 cm³/mol. The van der Waals surface area contributed by atoms with Crippen molar-refractivity contribution in [2.45, 2.75) is 29.5 Å². The van der Waals surface area contributed by atoms with Crippen LogP contribution in [0.4, 0.5) is 13.2 Å². The van der Waals surface area contributed by atoms with Gasteiger partial charge in [-0.1, -0.05) is 18.2 Å². The van der Waals surface area contributed by atoms with Gasteiger partial charge in [0.1, 0.15) is 11.5 Å². The minimum Gasteiger partial charge on any atom is -0.484 e. The van der Waals surface area contributed by atoms with Crippen LogP contribution >= 0.6 is 0 Å². The van der Waals surface area contributed by atoms with Gasteiger partial charge in [0, 0.05) is 13.1 Å². The summed E-state index contributed by atoms with van der Waals surface area (Å²) in [5, 5.41) is 8.08. The van der Waals surface area contributed by atoms with Crippen molar-refractivity contribution in [2.75, 3.05) is 19.7 Å². The summed E-state index contributed by atoms with van der Waals surface area (Å²) in [4.78, 5) is 13.4. The average molecular weight is 459 g/mol. The van der Waals surface area contributed by atoms with Crippen LogP contribution in [0.2, 0.25) is 0 Å². The second kappa shape index (κ2) is 9.15. The molecule has 0 aromatic heterocycles. The van der Waals surface area contributed by atoms with Crippen LogP contribution in [0.5, 0.6) is 11.5 Å². The van der Waals surface area contributed by atoms with E-state index in [4.69, 9.17) is 9.84 Å². The molecule has 1 amide bonds. The van der Waals surface area contributed by atoms with Crippen molar-refractivity contribution in [3.05, 3.63) is 54.1 Å². The fourth-order valence-electron chi connectivity index (χ4n) is 3.18. The van der Waals surface area contributed by atoms with Gasteiger partial charge in [-0.25, -0.2) is 8.42 Å². The molecule has 3 rings (SSSR count). The summed E-state index contributed by atoms with van der Waals surface area (Å²) in [6.45, 7) is -0.305. The SMILES string of the molecule is O=C(COc1ccc(CO)cc1)N1CCC(S(=O)(=O)c2cccc(OC(F)(F)F)c2)C1. The number of alkyl halides is 3.